The fourth-order valence-electron chi connectivity index (χ4n) is 2.38. The van der Waals surface area contributed by atoms with E-state index in [9.17, 15) is 14.4 Å². The second kappa shape index (κ2) is 11.8. The molecule has 2 N–H and O–H groups in total. The Morgan fingerprint density at radius 1 is 1.10 bits per heavy atom. The molecular formula is C20H25N5O3S. The van der Waals surface area contributed by atoms with Gasteiger partial charge in [0.2, 0.25) is 16.9 Å². The van der Waals surface area contributed by atoms with Gasteiger partial charge in [-0.1, -0.05) is 24.8 Å². The molecule has 9 heteroatoms. The van der Waals surface area contributed by atoms with Gasteiger partial charge in [0.25, 0.3) is 0 Å². The summed E-state index contributed by atoms with van der Waals surface area (Å²) in [6.07, 6.45) is 5.84. The van der Waals surface area contributed by atoms with E-state index in [2.05, 4.69) is 27.3 Å². The molecule has 0 aliphatic rings. The molecule has 0 bridgehead atoms. The molecule has 0 aliphatic carbocycles. The lowest BCUT2D eigenvalue weighted by atomic mass is 10.2. The number of rotatable bonds is 11. The van der Waals surface area contributed by atoms with E-state index in [4.69, 9.17) is 0 Å². The van der Waals surface area contributed by atoms with Gasteiger partial charge >= 0.3 is 0 Å². The van der Waals surface area contributed by atoms with Crippen molar-refractivity contribution in [3.05, 3.63) is 49.1 Å². The smallest absolute Gasteiger partial charge is 0.230 e. The number of nitrogens with zero attached hydrogens (tertiary/aromatic N) is 3. The van der Waals surface area contributed by atoms with Crippen LogP contribution in [0.5, 0.6) is 0 Å². The van der Waals surface area contributed by atoms with Crippen molar-refractivity contribution < 1.29 is 14.4 Å². The number of nitrogens with one attached hydrogen (secondary N) is 2. The minimum absolute atomic E-state index is 0.0442. The van der Waals surface area contributed by atoms with Crippen molar-refractivity contribution >= 4 is 34.4 Å². The van der Waals surface area contributed by atoms with Gasteiger partial charge in [0.1, 0.15) is 12.7 Å². The van der Waals surface area contributed by atoms with Crippen LogP contribution in [0.4, 0.5) is 5.69 Å². The summed E-state index contributed by atoms with van der Waals surface area (Å²) in [6.45, 7) is 5.70. The summed E-state index contributed by atoms with van der Waals surface area (Å²) in [5.74, 6) is -0.113. The fraction of sp³-hybridized carbons (Fsp3) is 0.350. The van der Waals surface area contributed by atoms with Crippen LogP contribution in [-0.2, 0) is 14.4 Å². The largest absolute Gasteiger partial charge is 0.355 e. The Bertz CT molecular complexity index is 834. The number of carbonyl (C=O) groups is 3. The van der Waals surface area contributed by atoms with E-state index in [0.29, 0.717) is 18.5 Å². The van der Waals surface area contributed by atoms with Gasteiger partial charge in [0.15, 0.2) is 0 Å². The monoisotopic (exact) mass is 415 g/mol. The molecule has 29 heavy (non-hydrogen) atoms. The predicted octanol–water partition coefficient (Wildman–Crippen LogP) is 2.72. The number of benzene rings is 1. The molecule has 2 rings (SSSR count). The first-order valence-electron chi connectivity index (χ1n) is 9.30. The maximum absolute atomic E-state index is 12.0. The number of unbranched alkanes of at least 4 members (excludes halogenated alkanes) is 2. The number of aromatic nitrogens is 3. The highest BCUT2D eigenvalue weighted by Gasteiger charge is 2.08. The van der Waals surface area contributed by atoms with E-state index in [1.54, 1.807) is 17.9 Å². The molecule has 0 saturated carbocycles. The minimum atomic E-state index is -0.170. The molecule has 2 aromatic rings. The maximum atomic E-state index is 12.0. The van der Waals surface area contributed by atoms with Crippen molar-refractivity contribution in [3.63, 3.8) is 0 Å². The van der Waals surface area contributed by atoms with Crippen molar-refractivity contribution in [1.82, 2.24) is 20.1 Å². The van der Waals surface area contributed by atoms with Crippen LogP contribution >= 0.6 is 11.8 Å². The molecule has 8 nitrogen and oxygen atoms in total. The summed E-state index contributed by atoms with van der Waals surface area (Å²) in [5.41, 5.74) is 2.03. The third-order valence-electron chi connectivity index (χ3n) is 3.92. The minimum Gasteiger partial charge on any atom is -0.355 e. The summed E-state index contributed by atoms with van der Waals surface area (Å²) in [5, 5.41) is 9.51. The average molecular weight is 416 g/mol. The zero-order chi connectivity index (χ0) is 21.1. The van der Waals surface area contributed by atoms with Crippen LogP contribution in [0.3, 0.4) is 0 Å². The number of amides is 2. The van der Waals surface area contributed by atoms with Crippen LogP contribution in [0.15, 0.2) is 49.1 Å². The number of hydrogen-bond donors (Lipinski definition) is 2. The molecule has 2 amide bonds. The Balaban J connectivity index is 1.55. The van der Waals surface area contributed by atoms with Crippen LogP contribution in [0.25, 0.3) is 5.69 Å². The molecule has 154 valence electrons. The normalized spacial score (nSPS) is 10.4. The Kier molecular flexibility index (Phi) is 9.10. The molecule has 0 saturated heterocycles. The topological polar surface area (TPSA) is 106 Å². The zero-order valence-corrected chi connectivity index (χ0v) is 17.2. The van der Waals surface area contributed by atoms with E-state index >= 15 is 0 Å². The Labute approximate surface area is 174 Å². The number of carbonyl (C=O) groups excluding carboxylic acids is 3. The predicted molar refractivity (Wildman–Crippen MR) is 114 cm³/mol. The average Bonchev–Trinajstić information content (AvgIpc) is 3.24. The van der Waals surface area contributed by atoms with Crippen molar-refractivity contribution in [2.24, 2.45) is 0 Å². The molecule has 1 aromatic heterocycles. The number of anilines is 1. The van der Waals surface area contributed by atoms with Gasteiger partial charge in [-0.25, -0.2) is 9.67 Å². The standard InChI is InChI=1S/C20H25N5O3S/c1-15(2)20(28)29-12-19(27)22-11-5-3-4-6-18(26)24-16-7-9-17(10-8-16)25-14-21-13-23-25/h7-10,13-14H,1,3-6,11-12H2,2H3,(H,22,27)(H,24,26). The fourth-order valence-corrected chi connectivity index (χ4v) is 2.99. The lowest BCUT2D eigenvalue weighted by molar-refractivity contribution is -0.119. The molecule has 0 spiro atoms. The van der Waals surface area contributed by atoms with Crippen molar-refractivity contribution in [2.75, 3.05) is 17.6 Å². The highest BCUT2D eigenvalue weighted by atomic mass is 32.2. The first-order valence-corrected chi connectivity index (χ1v) is 10.3. The summed E-state index contributed by atoms with van der Waals surface area (Å²) in [6, 6.07) is 7.35. The van der Waals surface area contributed by atoms with Gasteiger partial charge in [0, 0.05) is 18.7 Å². The van der Waals surface area contributed by atoms with Crippen molar-refractivity contribution in [2.45, 2.75) is 32.6 Å². The van der Waals surface area contributed by atoms with Gasteiger partial charge in [0.05, 0.1) is 11.4 Å². The summed E-state index contributed by atoms with van der Waals surface area (Å²) in [4.78, 5) is 38.9. The van der Waals surface area contributed by atoms with Crippen LogP contribution in [0.2, 0.25) is 0 Å². The van der Waals surface area contributed by atoms with Gasteiger partial charge < -0.3 is 10.6 Å². The molecule has 0 fully saturated rings. The van der Waals surface area contributed by atoms with Crippen molar-refractivity contribution in [1.29, 1.82) is 0 Å². The summed E-state index contributed by atoms with van der Waals surface area (Å²) < 4.78 is 1.64. The van der Waals surface area contributed by atoms with Crippen LogP contribution in [0.1, 0.15) is 32.6 Å². The van der Waals surface area contributed by atoms with Crippen LogP contribution in [-0.4, -0.2) is 44.0 Å². The first kappa shape index (κ1) is 22.4. The quantitative estimate of drug-likeness (QED) is 0.432. The molecule has 1 aromatic carbocycles. The van der Waals surface area contributed by atoms with Crippen LogP contribution in [0, 0.1) is 0 Å². The molecule has 0 radical (unpaired) electrons. The third-order valence-corrected chi connectivity index (χ3v) is 4.94. The molecule has 0 atom stereocenters. The van der Waals surface area contributed by atoms with Gasteiger partial charge in [-0.2, -0.15) is 5.10 Å². The van der Waals surface area contributed by atoms with Gasteiger partial charge in [-0.3, -0.25) is 14.4 Å². The molecule has 0 aliphatic heterocycles. The summed E-state index contributed by atoms with van der Waals surface area (Å²) >= 11 is 0.954. The second-order valence-electron chi connectivity index (χ2n) is 6.45. The third kappa shape index (κ3) is 8.30. The lowest BCUT2D eigenvalue weighted by Crippen LogP contribution is -2.26. The second-order valence-corrected chi connectivity index (χ2v) is 7.40. The van der Waals surface area contributed by atoms with Crippen LogP contribution < -0.4 is 10.6 Å². The van der Waals surface area contributed by atoms with E-state index in [1.165, 1.54) is 6.33 Å². The highest BCUT2D eigenvalue weighted by Crippen LogP contribution is 2.13. The Morgan fingerprint density at radius 3 is 2.52 bits per heavy atom. The first-order chi connectivity index (χ1) is 14.0. The van der Waals surface area contributed by atoms with E-state index in [0.717, 1.165) is 42.4 Å². The molecular weight excluding hydrogens is 390 g/mol. The van der Waals surface area contributed by atoms with Crippen molar-refractivity contribution in [3.8, 4) is 5.69 Å². The number of hydrogen-bond acceptors (Lipinski definition) is 6. The number of thioether (sulfide) groups is 1. The zero-order valence-electron chi connectivity index (χ0n) is 16.4. The SMILES string of the molecule is C=C(C)C(=O)SCC(=O)NCCCCCC(=O)Nc1ccc(-n2cncn2)cc1. The Morgan fingerprint density at radius 2 is 1.86 bits per heavy atom. The lowest BCUT2D eigenvalue weighted by Gasteiger charge is -2.07. The highest BCUT2D eigenvalue weighted by molar-refractivity contribution is 8.14. The van der Waals surface area contributed by atoms with Gasteiger partial charge in [-0.15, -0.1) is 0 Å². The van der Waals surface area contributed by atoms with E-state index in [-0.39, 0.29) is 22.7 Å². The molecule has 1 heterocycles. The van der Waals surface area contributed by atoms with E-state index in [1.807, 2.05) is 24.3 Å². The maximum Gasteiger partial charge on any atom is 0.230 e. The summed E-state index contributed by atoms with van der Waals surface area (Å²) in [7, 11) is 0. The van der Waals surface area contributed by atoms with E-state index < -0.39 is 0 Å². The Hall–Kier alpha value is -2.94. The van der Waals surface area contributed by atoms with Gasteiger partial charge in [-0.05, 0) is 49.6 Å². The molecule has 0 unspecified atom stereocenters.